The number of fused-ring (bicyclic) bond motifs is 2. The van der Waals surface area contributed by atoms with Crippen LogP contribution in [0.15, 0.2) is 32.2 Å². The fourth-order valence-electron chi connectivity index (χ4n) is 1.81. The van der Waals surface area contributed by atoms with E-state index in [2.05, 4.69) is 4.98 Å². The van der Waals surface area contributed by atoms with Gasteiger partial charge in [-0.05, 0) is 12.1 Å². The van der Waals surface area contributed by atoms with Crippen LogP contribution in [0.3, 0.4) is 0 Å². The number of aromatic amines is 1. The van der Waals surface area contributed by atoms with Gasteiger partial charge < -0.3 is 9.15 Å². The Balaban J connectivity index is 2.46. The molecule has 96 valence electrons. The molecular formula is C12H7FN2O4. The van der Waals surface area contributed by atoms with E-state index in [-0.39, 0.29) is 22.8 Å². The maximum atomic E-state index is 13.6. The van der Waals surface area contributed by atoms with Crippen molar-refractivity contribution in [2.24, 2.45) is 0 Å². The lowest BCUT2D eigenvalue weighted by molar-refractivity contribution is 0.386. The highest BCUT2D eigenvalue weighted by Crippen LogP contribution is 2.28. The lowest BCUT2D eigenvalue weighted by Gasteiger charge is -2.07. The maximum absolute atomic E-state index is 13.6. The van der Waals surface area contributed by atoms with E-state index >= 15 is 0 Å². The lowest BCUT2D eigenvalue weighted by atomic mass is 10.1. The predicted octanol–water partition coefficient (Wildman–Crippen LogP) is 1.13. The quantitative estimate of drug-likeness (QED) is 0.664. The Morgan fingerprint density at radius 2 is 2.11 bits per heavy atom. The molecule has 1 N–H and O–H groups in total. The van der Waals surface area contributed by atoms with Gasteiger partial charge in [-0.25, -0.2) is 9.18 Å². The highest BCUT2D eigenvalue weighted by atomic mass is 19.1. The van der Waals surface area contributed by atoms with E-state index in [9.17, 15) is 14.0 Å². The van der Waals surface area contributed by atoms with E-state index in [4.69, 9.17) is 9.15 Å². The summed E-state index contributed by atoms with van der Waals surface area (Å²) >= 11 is 0. The van der Waals surface area contributed by atoms with Crippen LogP contribution in [0.1, 0.15) is 0 Å². The van der Waals surface area contributed by atoms with Gasteiger partial charge in [-0.15, -0.1) is 0 Å². The zero-order chi connectivity index (χ0) is 13.6. The van der Waals surface area contributed by atoms with Gasteiger partial charge in [0.15, 0.2) is 11.6 Å². The fraction of sp³-hybridized carbons (Fsp3) is 0.0833. The van der Waals surface area contributed by atoms with E-state index in [0.717, 1.165) is 0 Å². The first-order valence-corrected chi connectivity index (χ1v) is 5.30. The van der Waals surface area contributed by atoms with Crippen molar-refractivity contribution in [3.05, 3.63) is 44.9 Å². The highest BCUT2D eigenvalue weighted by molar-refractivity contribution is 5.83. The molecule has 3 rings (SSSR count). The largest absolute Gasteiger partial charge is 0.494 e. The van der Waals surface area contributed by atoms with Crippen LogP contribution in [0, 0.1) is 5.82 Å². The van der Waals surface area contributed by atoms with Crippen LogP contribution in [0.2, 0.25) is 0 Å². The molecule has 7 heteroatoms. The highest BCUT2D eigenvalue weighted by Gasteiger charge is 2.15. The number of hydrogen-bond donors (Lipinski definition) is 1. The molecule has 1 aromatic carbocycles. The molecule has 0 aliphatic carbocycles. The Labute approximate surface area is 104 Å². The van der Waals surface area contributed by atoms with E-state index in [1.165, 1.54) is 25.3 Å². The first-order chi connectivity index (χ1) is 9.08. The standard InChI is InChI=1S/C12H7FN2O4/c1-18-9-4-8-5(3-7(9)13)2-6-10(16)14-12(17)15-11(6)19-8/h2-4H,1H3,(H,14,16,17). The second kappa shape index (κ2) is 3.91. The topological polar surface area (TPSA) is 85.2 Å². The smallest absolute Gasteiger partial charge is 0.351 e. The molecule has 0 atom stereocenters. The van der Waals surface area contributed by atoms with Gasteiger partial charge in [-0.1, -0.05) is 0 Å². The van der Waals surface area contributed by atoms with Crippen LogP contribution >= 0.6 is 0 Å². The number of methoxy groups -OCH3 is 1. The zero-order valence-electron chi connectivity index (χ0n) is 9.69. The molecule has 6 nitrogen and oxygen atoms in total. The summed E-state index contributed by atoms with van der Waals surface area (Å²) in [5.74, 6) is -0.674. The van der Waals surface area contributed by atoms with Gasteiger partial charge in [0.2, 0.25) is 5.89 Å². The van der Waals surface area contributed by atoms with Crippen molar-refractivity contribution in [2.75, 3.05) is 7.11 Å². The first kappa shape index (κ1) is 11.4. The minimum atomic E-state index is -0.797. The molecular weight excluding hydrogens is 255 g/mol. The summed E-state index contributed by atoms with van der Waals surface area (Å²) in [5.41, 5.74) is -1.08. The summed E-state index contributed by atoms with van der Waals surface area (Å²) in [5, 5.41) is 0.372. The van der Waals surface area contributed by atoms with Crippen LogP contribution in [0.4, 0.5) is 4.39 Å². The number of benzene rings is 1. The zero-order valence-corrected chi connectivity index (χ0v) is 9.69. The average molecular weight is 262 g/mol. The Morgan fingerprint density at radius 3 is 2.84 bits per heavy atom. The van der Waals surface area contributed by atoms with Crippen molar-refractivity contribution in [1.82, 2.24) is 9.97 Å². The molecule has 0 unspecified atom stereocenters. The Kier molecular flexibility index (Phi) is 2.34. The van der Waals surface area contributed by atoms with Crippen molar-refractivity contribution in [2.45, 2.75) is 0 Å². The van der Waals surface area contributed by atoms with Crippen LogP contribution in [-0.2, 0) is 0 Å². The van der Waals surface area contributed by atoms with E-state index < -0.39 is 17.1 Å². The second-order valence-corrected chi connectivity index (χ2v) is 3.86. The van der Waals surface area contributed by atoms with Gasteiger partial charge in [0.1, 0.15) is 11.1 Å². The van der Waals surface area contributed by atoms with Crippen LogP contribution < -0.4 is 16.0 Å². The SMILES string of the molecule is COc1cc2oc3nc(=O)[nH]c(=O)c-3cc2cc1F. The Morgan fingerprint density at radius 1 is 1.32 bits per heavy atom. The second-order valence-electron chi connectivity index (χ2n) is 3.86. The van der Waals surface area contributed by atoms with E-state index in [1.54, 1.807) is 0 Å². The molecule has 0 amide bonds. The van der Waals surface area contributed by atoms with E-state index in [1.807, 2.05) is 4.98 Å². The third kappa shape index (κ3) is 1.75. The molecule has 1 aromatic rings. The third-order valence-electron chi connectivity index (χ3n) is 2.69. The molecule has 0 fully saturated rings. The minimum Gasteiger partial charge on any atom is -0.494 e. The molecule has 19 heavy (non-hydrogen) atoms. The Bertz CT molecular complexity index is 868. The normalized spacial score (nSPS) is 11.1. The van der Waals surface area contributed by atoms with Gasteiger partial charge in [-0.3, -0.25) is 9.78 Å². The molecule has 2 heterocycles. The molecule has 0 aromatic heterocycles. The van der Waals surface area contributed by atoms with Crippen molar-refractivity contribution in [1.29, 1.82) is 0 Å². The molecule has 0 radical (unpaired) electrons. The fourth-order valence-corrected chi connectivity index (χ4v) is 1.81. The number of rotatable bonds is 1. The minimum absolute atomic E-state index is 0.00258. The average Bonchev–Trinajstić information content (AvgIpc) is 2.36. The van der Waals surface area contributed by atoms with Crippen LogP contribution in [0.5, 0.6) is 5.75 Å². The Hall–Kier alpha value is -2.70. The number of nitrogens with one attached hydrogen (secondary N) is 1. The van der Waals surface area contributed by atoms with Crippen LogP contribution in [-0.4, -0.2) is 17.1 Å². The molecule has 0 spiro atoms. The number of halogens is 1. The molecule has 2 aliphatic heterocycles. The number of hydrogen-bond acceptors (Lipinski definition) is 5. The van der Waals surface area contributed by atoms with Gasteiger partial charge in [-0.2, -0.15) is 4.98 Å². The first-order valence-electron chi connectivity index (χ1n) is 5.30. The van der Waals surface area contributed by atoms with Gasteiger partial charge in [0.25, 0.3) is 5.56 Å². The van der Waals surface area contributed by atoms with Crippen molar-refractivity contribution >= 4 is 11.0 Å². The molecule has 0 bridgehead atoms. The summed E-state index contributed by atoms with van der Waals surface area (Å²) in [7, 11) is 1.32. The van der Waals surface area contributed by atoms with Gasteiger partial charge in [0.05, 0.1) is 7.11 Å². The van der Waals surface area contributed by atoms with Crippen LogP contribution in [0.25, 0.3) is 22.4 Å². The third-order valence-corrected chi connectivity index (χ3v) is 2.69. The maximum Gasteiger partial charge on any atom is 0.351 e. The van der Waals surface area contributed by atoms with Crippen molar-refractivity contribution in [3.8, 4) is 17.2 Å². The van der Waals surface area contributed by atoms with E-state index in [0.29, 0.717) is 5.39 Å². The number of aromatic nitrogens is 2. The number of nitrogens with zero attached hydrogens (tertiary/aromatic N) is 1. The molecule has 2 aliphatic rings. The number of ether oxygens (including phenoxy) is 1. The number of H-pyrrole nitrogens is 1. The summed E-state index contributed by atoms with van der Waals surface area (Å²) < 4.78 is 23.7. The van der Waals surface area contributed by atoms with Crippen molar-refractivity contribution < 1.29 is 13.5 Å². The predicted molar refractivity (Wildman–Crippen MR) is 64.0 cm³/mol. The van der Waals surface area contributed by atoms with Gasteiger partial charge >= 0.3 is 5.69 Å². The lowest BCUT2D eigenvalue weighted by Crippen LogP contribution is -2.24. The monoisotopic (exact) mass is 262 g/mol. The van der Waals surface area contributed by atoms with Crippen molar-refractivity contribution in [3.63, 3.8) is 0 Å². The summed E-state index contributed by atoms with van der Waals surface area (Å²) in [6, 6.07) is 3.92. The van der Waals surface area contributed by atoms with Gasteiger partial charge in [0, 0.05) is 11.5 Å². The molecule has 0 saturated heterocycles. The molecule has 0 saturated carbocycles. The summed E-state index contributed by atoms with van der Waals surface area (Å²) in [6.07, 6.45) is 0. The summed E-state index contributed by atoms with van der Waals surface area (Å²) in [4.78, 5) is 28.3. The summed E-state index contributed by atoms with van der Waals surface area (Å²) in [6.45, 7) is 0.